The van der Waals surface area contributed by atoms with Gasteiger partial charge < -0.3 is 10.1 Å². The average molecular weight is 240 g/mol. The maximum atomic E-state index is 8.70. The van der Waals surface area contributed by atoms with Gasteiger partial charge >= 0.3 is 0 Å². The standard InChI is InChI=1S/C13H12N4O/c1-18-11-4-2-3-10(7-11)9-16-12-5-6-15-13(8-14)17-12/h2-7H,9H2,1H3,(H,15,16,17). The van der Waals surface area contributed by atoms with Crippen molar-refractivity contribution in [3.8, 4) is 11.8 Å². The van der Waals surface area contributed by atoms with E-state index < -0.39 is 0 Å². The highest BCUT2D eigenvalue weighted by Crippen LogP contribution is 2.13. The van der Waals surface area contributed by atoms with Crippen LogP contribution >= 0.6 is 0 Å². The summed E-state index contributed by atoms with van der Waals surface area (Å²) in [5.41, 5.74) is 1.08. The Balaban J connectivity index is 2.04. The van der Waals surface area contributed by atoms with Crippen LogP contribution < -0.4 is 10.1 Å². The Morgan fingerprint density at radius 2 is 2.28 bits per heavy atom. The fourth-order valence-electron chi connectivity index (χ4n) is 1.49. The van der Waals surface area contributed by atoms with E-state index in [-0.39, 0.29) is 5.82 Å². The topological polar surface area (TPSA) is 70.8 Å². The van der Waals surface area contributed by atoms with Crippen LogP contribution in [0.5, 0.6) is 5.75 Å². The normalized spacial score (nSPS) is 9.56. The molecule has 0 amide bonds. The number of ether oxygens (including phenoxy) is 1. The van der Waals surface area contributed by atoms with Gasteiger partial charge in [0.2, 0.25) is 5.82 Å². The van der Waals surface area contributed by atoms with Crippen LogP contribution in [0, 0.1) is 11.3 Å². The molecule has 0 saturated heterocycles. The van der Waals surface area contributed by atoms with Crippen molar-refractivity contribution in [2.24, 2.45) is 0 Å². The molecule has 1 heterocycles. The maximum absolute atomic E-state index is 8.70. The molecule has 5 nitrogen and oxygen atoms in total. The van der Waals surface area contributed by atoms with E-state index in [9.17, 15) is 0 Å². The third-order valence-corrected chi connectivity index (χ3v) is 2.36. The summed E-state index contributed by atoms with van der Waals surface area (Å²) in [5, 5.41) is 11.8. The highest BCUT2D eigenvalue weighted by Gasteiger charge is 1.99. The Hall–Kier alpha value is -2.61. The first-order valence-corrected chi connectivity index (χ1v) is 5.42. The number of nitriles is 1. The van der Waals surface area contributed by atoms with Gasteiger partial charge in [0, 0.05) is 12.7 Å². The maximum Gasteiger partial charge on any atom is 0.234 e. The Bertz CT molecular complexity index is 577. The zero-order chi connectivity index (χ0) is 12.8. The lowest BCUT2D eigenvalue weighted by molar-refractivity contribution is 0.414. The van der Waals surface area contributed by atoms with Gasteiger partial charge in [0.05, 0.1) is 7.11 Å². The Kier molecular flexibility index (Phi) is 3.72. The minimum Gasteiger partial charge on any atom is -0.497 e. The molecule has 0 saturated carbocycles. The zero-order valence-corrected chi connectivity index (χ0v) is 9.92. The van der Waals surface area contributed by atoms with Crippen molar-refractivity contribution < 1.29 is 4.74 Å². The van der Waals surface area contributed by atoms with Gasteiger partial charge in [0.15, 0.2) is 0 Å². The SMILES string of the molecule is COc1cccc(CNc2ccnc(C#N)n2)c1. The minimum absolute atomic E-state index is 0.158. The molecule has 2 rings (SSSR count). The molecule has 90 valence electrons. The second-order valence-corrected chi connectivity index (χ2v) is 3.58. The van der Waals surface area contributed by atoms with E-state index in [1.807, 2.05) is 30.3 Å². The van der Waals surface area contributed by atoms with Crippen molar-refractivity contribution in [1.29, 1.82) is 5.26 Å². The number of hydrogen-bond acceptors (Lipinski definition) is 5. The van der Waals surface area contributed by atoms with E-state index >= 15 is 0 Å². The lowest BCUT2D eigenvalue weighted by Gasteiger charge is -2.07. The van der Waals surface area contributed by atoms with E-state index in [0.717, 1.165) is 11.3 Å². The molecule has 2 aromatic rings. The second kappa shape index (κ2) is 5.64. The van der Waals surface area contributed by atoms with E-state index in [1.54, 1.807) is 19.4 Å². The lowest BCUT2D eigenvalue weighted by atomic mass is 10.2. The molecule has 0 spiro atoms. The summed E-state index contributed by atoms with van der Waals surface area (Å²) in [6.45, 7) is 0.610. The molecule has 0 aliphatic heterocycles. The number of aromatic nitrogens is 2. The Labute approximate surface area is 105 Å². The number of rotatable bonds is 4. The first kappa shape index (κ1) is 11.9. The van der Waals surface area contributed by atoms with Crippen LogP contribution in [0.25, 0.3) is 0 Å². The van der Waals surface area contributed by atoms with Crippen LogP contribution in [0.15, 0.2) is 36.5 Å². The Morgan fingerprint density at radius 3 is 3.06 bits per heavy atom. The van der Waals surface area contributed by atoms with E-state index in [4.69, 9.17) is 10.00 Å². The summed E-state index contributed by atoms with van der Waals surface area (Å²) in [6.07, 6.45) is 1.56. The van der Waals surface area contributed by atoms with Crippen molar-refractivity contribution in [1.82, 2.24) is 9.97 Å². The van der Waals surface area contributed by atoms with E-state index in [0.29, 0.717) is 12.4 Å². The van der Waals surface area contributed by atoms with Crippen LogP contribution in [0.2, 0.25) is 0 Å². The summed E-state index contributed by atoms with van der Waals surface area (Å²) in [5.74, 6) is 1.60. The predicted octanol–water partition coefficient (Wildman–Crippen LogP) is 1.97. The molecule has 1 N–H and O–H groups in total. The molecule has 1 aromatic carbocycles. The third-order valence-electron chi connectivity index (χ3n) is 2.36. The summed E-state index contributed by atoms with van der Waals surface area (Å²) >= 11 is 0. The molecule has 0 atom stereocenters. The van der Waals surface area contributed by atoms with Gasteiger partial charge in [-0.15, -0.1) is 0 Å². The van der Waals surface area contributed by atoms with Crippen LogP contribution in [0.4, 0.5) is 5.82 Å². The van der Waals surface area contributed by atoms with Gasteiger partial charge in [-0.1, -0.05) is 12.1 Å². The smallest absolute Gasteiger partial charge is 0.234 e. The summed E-state index contributed by atoms with van der Waals surface area (Å²) in [4.78, 5) is 7.84. The largest absolute Gasteiger partial charge is 0.497 e. The molecule has 0 radical (unpaired) electrons. The van der Waals surface area contributed by atoms with Crippen LogP contribution in [0.3, 0.4) is 0 Å². The van der Waals surface area contributed by atoms with Crippen molar-refractivity contribution in [3.63, 3.8) is 0 Å². The van der Waals surface area contributed by atoms with E-state index in [1.165, 1.54) is 0 Å². The minimum atomic E-state index is 0.158. The highest BCUT2D eigenvalue weighted by molar-refractivity contribution is 5.37. The molecule has 0 unspecified atom stereocenters. The zero-order valence-electron chi connectivity index (χ0n) is 9.92. The van der Waals surface area contributed by atoms with Gasteiger partial charge in [-0.05, 0) is 23.8 Å². The quantitative estimate of drug-likeness (QED) is 0.884. The number of methoxy groups -OCH3 is 1. The second-order valence-electron chi connectivity index (χ2n) is 3.58. The molecule has 1 aromatic heterocycles. The first-order valence-electron chi connectivity index (χ1n) is 5.42. The predicted molar refractivity (Wildman–Crippen MR) is 67.1 cm³/mol. The molecule has 0 aliphatic rings. The molecular formula is C13H12N4O. The fourth-order valence-corrected chi connectivity index (χ4v) is 1.49. The number of hydrogen-bond donors (Lipinski definition) is 1. The first-order chi connectivity index (χ1) is 8.81. The fraction of sp³-hybridized carbons (Fsp3) is 0.154. The number of anilines is 1. The van der Waals surface area contributed by atoms with Gasteiger partial charge in [0.1, 0.15) is 17.6 Å². The van der Waals surface area contributed by atoms with Gasteiger partial charge in [-0.25, -0.2) is 9.97 Å². The summed E-state index contributed by atoms with van der Waals surface area (Å²) in [7, 11) is 1.64. The number of nitrogens with zero attached hydrogens (tertiary/aromatic N) is 3. The van der Waals surface area contributed by atoms with Crippen LogP contribution in [-0.2, 0) is 6.54 Å². The Morgan fingerprint density at radius 1 is 1.39 bits per heavy atom. The number of benzene rings is 1. The van der Waals surface area contributed by atoms with Crippen LogP contribution in [-0.4, -0.2) is 17.1 Å². The van der Waals surface area contributed by atoms with Gasteiger partial charge in [-0.2, -0.15) is 5.26 Å². The van der Waals surface area contributed by atoms with Crippen molar-refractivity contribution in [2.75, 3.05) is 12.4 Å². The number of nitrogens with one attached hydrogen (secondary N) is 1. The highest BCUT2D eigenvalue weighted by atomic mass is 16.5. The molecular weight excluding hydrogens is 228 g/mol. The van der Waals surface area contributed by atoms with Gasteiger partial charge in [-0.3, -0.25) is 0 Å². The van der Waals surface area contributed by atoms with E-state index in [2.05, 4.69) is 15.3 Å². The summed E-state index contributed by atoms with van der Waals surface area (Å²) < 4.78 is 5.15. The van der Waals surface area contributed by atoms with Gasteiger partial charge in [0.25, 0.3) is 0 Å². The van der Waals surface area contributed by atoms with Crippen molar-refractivity contribution >= 4 is 5.82 Å². The monoisotopic (exact) mass is 240 g/mol. The van der Waals surface area contributed by atoms with Crippen molar-refractivity contribution in [3.05, 3.63) is 47.9 Å². The molecule has 18 heavy (non-hydrogen) atoms. The lowest BCUT2D eigenvalue weighted by Crippen LogP contribution is -2.03. The molecule has 0 bridgehead atoms. The average Bonchev–Trinajstić information content (AvgIpc) is 2.45. The summed E-state index contributed by atoms with van der Waals surface area (Å²) in [6, 6.07) is 11.4. The van der Waals surface area contributed by atoms with Crippen molar-refractivity contribution in [2.45, 2.75) is 6.54 Å². The van der Waals surface area contributed by atoms with Crippen LogP contribution in [0.1, 0.15) is 11.4 Å². The third kappa shape index (κ3) is 2.95. The molecule has 5 heteroatoms. The molecule has 0 aliphatic carbocycles. The molecule has 0 fully saturated rings.